The maximum Gasteiger partial charge on any atom is 0.251 e. The van der Waals surface area contributed by atoms with Crippen molar-refractivity contribution < 1.29 is 9.53 Å². The molecule has 0 aliphatic carbocycles. The molecular formula is C9H18N2O2. The Morgan fingerprint density at radius 1 is 1.69 bits per heavy atom. The van der Waals surface area contributed by atoms with E-state index >= 15 is 0 Å². The third kappa shape index (κ3) is 2.42. The summed E-state index contributed by atoms with van der Waals surface area (Å²) in [6.07, 6.45) is 0.740. The molecule has 1 amide bonds. The molecule has 2 unspecified atom stereocenters. The highest BCUT2D eigenvalue weighted by molar-refractivity contribution is 5.81. The second-order valence-electron chi connectivity index (χ2n) is 3.61. The van der Waals surface area contributed by atoms with E-state index in [0.29, 0.717) is 25.6 Å². The van der Waals surface area contributed by atoms with E-state index in [0.717, 1.165) is 6.42 Å². The van der Waals surface area contributed by atoms with E-state index in [1.807, 2.05) is 6.92 Å². The lowest BCUT2D eigenvalue weighted by atomic mass is 10.0. The van der Waals surface area contributed by atoms with E-state index in [9.17, 15) is 4.79 Å². The molecule has 1 fully saturated rings. The summed E-state index contributed by atoms with van der Waals surface area (Å²) in [4.78, 5) is 13.3. The average Bonchev–Trinajstić information content (AvgIpc) is 2.50. The first-order valence-corrected chi connectivity index (χ1v) is 4.73. The van der Waals surface area contributed by atoms with Crippen LogP contribution in [0.4, 0.5) is 0 Å². The predicted molar refractivity (Wildman–Crippen MR) is 50.2 cm³/mol. The molecule has 4 heteroatoms. The standard InChI is InChI=1S/C9H18N2O2/c1-7-3-6-13-8(7)9(12)11(2)5-4-10/h7-8H,3-6,10H2,1-2H3. The van der Waals surface area contributed by atoms with E-state index in [-0.39, 0.29) is 12.0 Å². The van der Waals surface area contributed by atoms with Crippen molar-refractivity contribution in [1.29, 1.82) is 0 Å². The first-order chi connectivity index (χ1) is 6.16. The molecule has 1 heterocycles. The SMILES string of the molecule is CC1CCOC1C(=O)N(C)CCN. The summed E-state index contributed by atoms with van der Waals surface area (Å²) < 4.78 is 5.36. The maximum absolute atomic E-state index is 11.7. The largest absolute Gasteiger partial charge is 0.368 e. The normalized spacial score (nSPS) is 27.6. The molecule has 1 aliphatic rings. The highest BCUT2D eigenvalue weighted by atomic mass is 16.5. The van der Waals surface area contributed by atoms with Crippen LogP contribution in [-0.4, -0.2) is 43.7 Å². The van der Waals surface area contributed by atoms with Crippen molar-refractivity contribution in [3.05, 3.63) is 0 Å². The van der Waals surface area contributed by atoms with Gasteiger partial charge in [-0.05, 0) is 12.3 Å². The van der Waals surface area contributed by atoms with Crippen LogP contribution in [-0.2, 0) is 9.53 Å². The number of amides is 1. The summed E-state index contributed by atoms with van der Waals surface area (Å²) in [5.74, 6) is 0.406. The van der Waals surface area contributed by atoms with Crippen molar-refractivity contribution in [2.24, 2.45) is 11.7 Å². The van der Waals surface area contributed by atoms with Crippen molar-refractivity contribution in [3.8, 4) is 0 Å². The van der Waals surface area contributed by atoms with Gasteiger partial charge in [-0.3, -0.25) is 4.79 Å². The van der Waals surface area contributed by atoms with Crippen LogP contribution in [0.25, 0.3) is 0 Å². The Hall–Kier alpha value is -0.610. The molecule has 4 nitrogen and oxygen atoms in total. The van der Waals surface area contributed by atoms with Crippen LogP contribution < -0.4 is 5.73 Å². The Bertz CT molecular complexity index is 184. The number of rotatable bonds is 3. The van der Waals surface area contributed by atoms with Crippen LogP contribution in [0.2, 0.25) is 0 Å². The second-order valence-corrected chi connectivity index (χ2v) is 3.61. The summed E-state index contributed by atoms with van der Waals surface area (Å²) in [6.45, 7) is 3.86. The van der Waals surface area contributed by atoms with Crippen LogP contribution >= 0.6 is 0 Å². The highest BCUT2D eigenvalue weighted by Gasteiger charge is 2.32. The van der Waals surface area contributed by atoms with Gasteiger partial charge in [0.15, 0.2) is 0 Å². The van der Waals surface area contributed by atoms with E-state index < -0.39 is 0 Å². The van der Waals surface area contributed by atoms with Gasteiger partial charge in [0, 0.05) is 26.7 Å². The zero-order chi connectivity index (χ0) is 9.84. The Morgan fingerprint density at radius 2 is 2.38 bits per heavy atom. The molecule has 13 heavy (non-hydrogen) atoms. The van der Waals surface area contributed by atoms with E-state index in [4.69, 9.17) is 10.5 Å². The van der Waals surface area contributed by atoms with Gasteiger partial charge in [0.1, 0.15) is 6.10 Å². The summed E-state index contributed by atoms with van der Waals surface area (Å²) >= 11 is 0. The molecule has 0 aromatic heterocycles. The molecule has 0 aromatic rings. The first kappa shape index (κ1) is 10.5. The number of ether oxygens (including phenoxy) is 1. The van der Waals surface area contributed by atoms with Crippen LogP contribution in [0.5, 0.6) is 0 Å². The Kier molecular flexibility index (Phi) is 3.69. The molecule has 0 aromatic carbocycles. The van der Waals surface area contributed by atoms with Gasteiger partial charge in [-0.2, -0.15) is 0 Å². The lowest BCUT2D eigenvalue weighted by Crippen LogP contribution is -2.41. The minimum absolute atomic E-state index is 0.0652. The van der Waals surface area contributed by atoms with Gasteiger partial charge in [-0.15, -0.1) is 0 Å². The number of nitrogens with zero attached hydrogens (tertiary/aromatic N) is 1. The zero-order valence-corrected chi connectivity index (χ0v) is 8.32. The van der Waals surface area contributed by atoms with Gasteiger partial charge in [-0.1, -0.05) is 6.92 Å². The summed E-state index contributed by atoms with van der Waals surface area (Å²) in [6, 6.07) is 0. The Morgan fingerprint density at radius 3 is 2.85 bits per heavy atom. The van der Waals surface area contributed by atoms with Crippen molar-refractivity contribution >= 4 is 5.91 Å². The zero-order valence-electron chi connectivity index (χ0n) is 8.32. The lowest BCUT2D eigenvalue weighted by Gasteiger charge is -2.21. The fourth-order valence-electron chi connectivity index (χ4n) is 1.53. The first-order valence-electron chi connectivity index (χ1n) is 4.73. The maximum atomic E-state index is 11.7. The third-order valence-corrected chi connectivity index (χ3v) is 2.47. The topological polar surface area (TPSA) is 55.6 Å². The third-order valence-electron chi connectivity index (χ3n) is 2.47. The van der Waals surface area contributed by atoms with Gasteiger partial charge in [0.25, 0.3) is 5.91 Å². The fraction of sp³-hybridized carbons (Fsp3) is 0.889. The molecule has 0 spiro atoms. The fourth-order valence-corrected chi connectivity index (χ4v) is 1.53. The van der Waals surface area contributed by atoms with Crippen LogP contribution in [0.15, 0.2) is 0 Å². The molecule has 1 rings (SSSR count). The van der Waals surface area contributed by atoms with Crippen molar-refractivity contribution in [2.75, 3.05) is 26.7 Å². The summed E-state index contributed by atoms with van der Waals surface area (Å²) in [5.41, 5.74) is 5.37. The smallest absolute Gasteiger partial charge is 0.251 e. The molecule has 1 aliphatic heterocycles. The number of likely N-dealkylation sites (N-methyl/N-ethyl adjacent to an activating group) is 1. The predicted octanol–water partition coefficient (Wildman–Crippen LogP) is -0.171. The number of hydrogen-bond donors (Lipinski definition) is 1. The van der Waals surface area contributed by atoms with Crippen LogP contribution in [0.3, 0.4) is 0 Å². The summed E-state index contributed by atoms with van der Waals surface area (Å²) in [7, 11) is 1.77. The summed E-state index contributed by atoms with van der Waals surface area (Å²) in [5, 5.41) is 0. The minimum atomic E-state index is -0.239. The number of carbonyl (C=O) groups is 1. The molecule has 0 saturated carbocycles. The monoisotopic (exact) mass is 186 g/mol. The Balaban J connectivity index is 2.46. The molecule has 76 valence electrons. The van der Waals surface area contributed by atoms with Gasteiger partial charge < -0.3 is 15.4 Å². The van der Waals surface area contributed by atoms with Crippen LogP contribution in [0, 0.1) is 5.92 Å². The van der Waals surface area contributed by atoms with Gasteiger partial charge in [-0.25, -0.2) is 0 Å². The average molecular weight is 186 g/mol. The van der Waals surface area contributed by atoms with E-state index in [2.05, 4.69) is 0 Å². The Labute approximate surface area is 79.0 Å². The van der Waals surface area contributed by atoms with Gasteiger partial charge >= 0.3 is 0 Å². The molecular weight excluding hydrogens is 168 g/mol. The molecule has 2 atom stereocenters. The minimum Gasteiger partial charge on any atom is -0.368 e. The van der Waals surface area contributed by atoms with Gasteiger partial charge in [0.2, 0.25) is 0 Å². The quantitative estimate of drug-likeness (QED) is 0.665. The molecule has 1 saturated heterocycles. The van der Waals surface area contributed by atoms with Crippen LogP contribution in [0.1, 0.15) is 13.3 Å². The number of carbonyl (C=O) groups excluding carboxylic acids is 1. The lowest BCUT2D eigenvalue weighted by molar-refractivity contribution is -0.140. The van der Waals surface area contributed by atoms with Gasteiger partial charge in [0.05, 0.1) is 0 Å². The second kappa shape index (κ2) is 4.58. The molecule has 0 bridgehead atoms. The van der Waals surface area contributed by atoms with Crippen molar-refractivity contribution in [1.82, 2.24) is 4.90 Å². The van der Waals surface area contributed by atoms with Crippen molar-refractivity contribution in [2.45, 2.75) is 19.4 Å². The number of hydrogen-bond acceptors (Lipinski definition) is 3. The highest BCUT2D eigenvalue weighted by Crippen LogP contribution is 2.21. The van der Waals surface area contributed by atoms with Crippen molar-refractivity contribution in [3.63, 3.8) is 0 Å². The van der Waals surface area contributed by atoms with E-state index in [1.54, 1.807) is 11.9 Å². The molecule has 0 radical (unpaired) electrons. The number of nitrogens with two attached hydrogens (primary N) is 1. The van der Waals surface area contributed by atoms with E-state index in [1.165, 1.54) is 0 Å². The molecule has 2 N–H and O–H groups in total.